The maximum Gasteiger partial charge on any atom is 0.0725 e. The third-order valence-corrected chi connectivity index (χ3v) is 2.03. The van der Waals surface area contributed by atoms with Crippen molar-refractivity contribution in [1.29, 1.82) is 0 Å². The van der Waals surface area contributed by atoms with E-state index in [-0.39, 0.29) is 0 Å². The Kier molecular flexibility index (Phi) is 5.96. The van der Waals surface area contributed by atoms with Crippen LogP contribution in [-0.2, 0) is 22.9 Å². The fourth-order valence-electron chi connectivity index (χ4n) is 1.18. The number of aromatic nitrogens is 3. The molecular formula is C10H19N3O2. The lowest BCUT2D eigenvalue weighted by Crippen LogP contribution is -2.08. The first kappa shape index (κ1) is 12.1. The van der Waals surface area contributed by atoms with Crippen molar-refractivity contribution in [1.82, 2.24) is 15.0 Å². The summed E-state index contributed by atoms with van der Waals surface area (Å²) >= 11 is 0. The van der Waals surface area contributed by atoms with Gasteiger partial charge in [-0.05, 0) is 6.42 Å². The molecule has 86 valence electrons. The highest BCUT2D eigenvalue weighted by Crippen LogP contribution is 1.95. The predicted molar refractivity (Wildman–Crippen MR) is 56.6 cm³/mol. The molecule has 0 aliphatic heterocycles. The molecule has 0 saturated heterocycles. The summed E-state index contributed by atoms with van der Waals surface area (Å²) in [6.45, 7) is 4.94. The van der Waals surface area contributed by atoms with E-state index in [1.165, 1.54) is 0 Å². The summed E-state index contributed by atoms with van der Waals surface area (Å²) in [4.78, 5) is 0. The molecule has 1 aromatic rings. The lowest BCUT2D eigenvalue weighted by Gasteiger charge is -2.04. The molecule has 0 aliphatic rings. The van der Waals surface area contributed by atoms with Crippen molar-refractivity contribution in [3.05, 3.63) is 11.9 Å². The molecule has 0 N–H and O–H groups in total. The van der Waals surface area contributed by atoms with E-state index < -0.39 is 0 Å². The number of ether oxygens (including phenoxy) is 2. The molecule has 1 rings (SSSR count). The van der Waals surface area contributed by atoms with Gasteiger partial charge in [0.1, 0.15) is 0 Å². The van der Waals surface area contributed by atoms with Gasteiger partial charge in [0.25, 0.3) is 0 Å². The number of aryl methyl sites for hydroxylation is 1. The van der Waals surface area contributed by atoms with Crippen molar-refractivity contribution in [2.45, 2.75) is 19.8 Å². The van der Waals surface area contributed by atoms with Gasteiger partial charge in [0.05, 0.1) is 31.7 Å². The summed E-state index contributed by atoms with van der Waals surface area (Å²) in [5, 5.41) is 7.64. The van der Waals surface area contributed by atoms with Crippen molar-refractivity contribution >= 4 is 0 Å². The number of hydrogen-bond donors (Lipinski definition) is 0. The van der Waals surface area contributed by atoms with Crippen LogP contribution in [0.5, 0.6) is 0 Å². The number of hydrogen-bond acceptors (Lipinski definition) is 4. The summed E-state index contributed by atoms with van der Waals surface area (Å²) in [6, 6.07) is 0. The Balaban J connectivity index is 1.96. The maximum atomic E-state index is 5.41. The second kappa shape index (κ2) is 7.36. The average Bonchev–Trinajstić information content (AvgIpc) is 2.63. The van der Waals surface area contributed by atoms with E-state index in [2.05, 4.69) is 17.2 Å². The molecule has 0 bridgehead atoms. The second-order valence-electron chi connectivity index (χ2n) is 3.32. The highest BCUT2D eigenvalue weighted by Gasteiger charge is 1.98. The normalized spacial score (nSPS) is 10.8. The maximum absolute atomic E-state index is 5.41. The Morgan fingerprint density at radius 1 is 1.20 bits per heavy atom. The minimum Gasteiger partial charge on any atom is -0.379 e. The van der Waals surface area contributed by atoms with E-state index in [1.54, 1.807) is 10.9 Å². The van der Waals surface area contributed by atoms with Crippen molar-refractivity contribution in [2.24, 2.45) is 7.05 Å². The molecule has 1 aromatic heterocycles. The van der Waals surface area contributed by atoms with Gasteiger partial charge in [0.2, 0.25) is 0 Å². The van der Waals surface area contributed by atoms with Crippen molar-refractivity contribution < 1.29 is 9.47 Å². The monoisotopic (exact) mass is 213 g/mol. The van der Waals surface area contributed by atoms with Crippen LogP contribution < -0.4 is 0 Å². The van der Waals surface area contributed by atoms with Crippen molar-refractivity contribution in [3.63, 3.8) is 0 Å². The summed E-state index contributed by atoms with van der Waals surface area (Å²) in [7, 11) is 1.88. The largest absolute Gasteiger partial charge is 0.379 e. The molecule has 0 fully saturated rings. The third-order valence-electron chi connectivity index (χ3n) is 2.03. The van der Waals surface area contributed by atoms with Crippen LogP contribution in [0.15, 0.2) is 6.20 Å². The topological polar surface area (TPSA) is 49.2 Å². The van der Waals surface area contributed by atoms with Crippen LogP contribution in [0.1, 0.15) is 19.0 Å². The van der Waals surface area contributed by atoms with Crippen LogP contribution in [0.3, 0.4) is 0 Å². The standard InChI is InChI=1S/C10H19N3O2/c1-3-5-14-7-8-15-6-4-10-9-11-12-13(10)2/h9H,3-8H2,1-2H3. The molecule has 0 amide bonds. The zero-order valence-electron chi connectivity index (χ0n) is 9.48. The SMILES string of the molecule is CCCOCCOCCc1cnnn1C. The van der Waals surface area contributed by atoms with E-state index in [0.717, 1.165) is 25.1 Å². The van der Waals surface area contributed by atoms with Crippen LogP contribution >= 0.6 is 0 Å². The zero-order valence-corrected chi connectivity index (χ0v) is 9.48. The Hall–Kier alpha value is -0.940. The van der Waals surface area contributed by atoms with Crippen LogP contribution in [0.4, 0.5) is 0 Å². The smallest absolute Gasteiger partial charge is 0.0725 e. The molecule has 15 heavy (non-hydrogen) atoms. The second-order valence-corrected chi connectivity index (χ2v) is 3.32. The highest BCUT2D eigenvalue weighted by atomic mass is 16.5. The van der Waals surface area contributed by atoms with Crippen molar-refractivity contribution in [3.8, 4) is 0 Å². The minimum atomic E-state index is 0.658. The summed E-state index contributed by atoms with van der Waals surface area (Å²) < 4.78 is 12.5. The molecule has 0 atom stereocenters. The molecule has 0 spiro atoms. The molecule has 1 heterocycles. The Labute approximate surface area is 90.4 Å². The van der Waals surface area contributed by atoms with E-state index >= 15 is 0 Å². The Bertz CT molecular complexity index is 263. The lowest BCUT2D eigenvalue weighted by molar-refractivity contribution is 0.0488. The van der Waals surface area contributed by atoms with Gasteiger partial charge >= 0.3 is 0 Å². The van der Waals surface area contributed by atoms with Gasteiger partial charge in [-0.15, -0.1) is 5.10 Å². The van der Waals surface area contributed by atoms with Crippen LogP contribution in [-0.4, -0.2) is 41.4 Å². The summed E-state index contributed by atoms with van der Waals surface area (Å²) in [5.41, 5.74) is 1.09. The van der Waals surface area contributed by atoms with Gasteiger partial charge in [0, 0.05) is 20.1 Å². The van der Waals surface area contributed by atoms with Gasteiger partial charge in [-0.3, -0.25) is 4.68 Å². The summed E-state index contributed by atoms with van der Waals surface area (Å²) in [6.07, 6.45) is 3.66. The van der Waals surface area contributed by atoms with Gasteiger partial charge in [-0.2, -0.15) is 0 Å². The van der Waals surface area contributed by atoms with Gasteiger partial charge in [0.15, 0.2) is 0 Å². The van der Waals surface area contributed by atoms with E-state index in [0.29, 0.717) is 19.8 Å². The zero-order chi connectivity index (χ0) is 10.9. The first-order chi connectivity index (χ1) is 7.34. The molecule has 5 heteroatoms. The number of rotatable bonds is 8. The predicted octanol–water partition coefficient (Wildman–Crippen LogP) is 0.801. The van der Waals surface area contributed by atoms with Crippen LogP contribution in [0, 0.1) is 0 Å². The quantitative estimate of drug-likeness (QED) is 0.599. The van der Waals surface area contributed by atoms with Gasteiger partial charge < -0.3 is 9.47 Å². The molecular weight excluding hydrogens is 194 g/mol. The van der Waals surface area contributed by atoms with Crippen molar-refractivity contribution in [2.75, 3.05) is 26.4 Å². The van der Waals surface area contributed by atoms with E-state index in [4.69, 9.17) is 9.47 Å². The minimum absolute atomic E-state index is 0.658. The third kappa shape index (κ3) is 4.90. The van der Waals surface area contributed by atoms with Gasteiger partial charge in [-0.25, -0.2) is 0 Å². The lowest BCUT2D eigenvalue weighted by atomic mass is 10.3. The summed E-state index contributed by atoms with van der Waals surface area (Å²) in [5.74, 6) is 0. The molecule has 0 saturated carbocycles. The fraction of sp³-hybridized carbons (Fsp3) is 0.800. The Morgan fingerprint density at radius 2 is 1.93 bits per heavy atom. The molecule has 5 nitrogen and oxygen atoms in total. The molecule has 0 aliphatic carbocycles. The fourth-order valence-corrected chi connectivity index (χ4v) is 1.18. The Morgan fingerprint density at radius 3 is 2.53 bits per heavy atom. The van der Waals surface area contributed by atoms with Crippen LogP contribution in [0.2, 0.25) is 0 Å². The first-order valence-electron chi connectivity index (χ1n) is 5.33. The van der Waals surface area contributed by atoms with E-state index in [1.807, 2.05) is 7.05 Å². The highest BCUT2D eigenvalue weighted by molar-refractivity contribution is 4.92. The number of nitrogens with zero attached hydrogens (tertiary/aromatic N) is 3. The van der Waals surface area contributed by atoms with Gasteiger partial charge in [-0.1, -0.05) is 12.1 Å². The average molecular weight is 213 g/mol. The molecule has 0 radical (unpaired) electrons. The van der Waals surface area contributed by atoms with E-state index in [9.17, 15) is 0 Å². The molecule has 0 unspecified atom stereocenters. The molecule has 0 aromatic carbocycles. The van der Waals surface area contributed by atoms with Crippen LogP contribution in [0.25, 0.3) is 0 Å². The first-order valence-corrected chi connectivity index (χ1v) is 5.33.